The van der Waals surface area contributed by atoms with Gasteiger partial charge in [-0.25, -0.2) is 0 Å². The Labute approximate surface area is 94.0 Å². The van der Waals surface area contributed by atoms with E-state index in [9.17, 15) is 4.79 Å². The lowest BCUT2D eigenvalue weighted by Crippen LogP contribution is -2.27. The molecule has 0 bridgehead atoms. The van der Waals surface area contributed by atoms with Crippen molar-refractivity contribution in [1.82, 2.24) is 15.1 Å². The van der Waals surface area contributed by atoms with Crippen molar-refractivity contribution >= 4 is 5.91 Å². The minimum atomic E-state index is -0.414. The molecule has 0 atom stereocenters. The largest absolute Gasteiger partial charge is 0.364 e. The predicted molar refractivity (Wildman–Crippen MR) is 59.0 cm³/mol. The summed E-state index contributed by atoms with van der Waals surface area (Å²) in [4.78, 5) is 11.4. The highest BCUT2D eigenvalue weighted by Gasteiger charge is 2.43. The normalized spacial score (nSPS) is 21.6. The smallest absolute Gasteiger partial charge is 0.269 e. The molecule has 1 amide bonds. The molecule has 1 fully saturated rings. The van der Waals surface area contributed by atoms with Crippen molar-refractivity contribution in [3.8, 4) is 0 Å². The Bertz CT molecular complexity index is 459. The lowest BCUT2D eigenvalue weighted by atomic mass is 10.1. The summed E-state index contributed by atoms with van der Waals surface area (Å²) in [6.45, 7) is 3.85. The first-order valence-electron chi connectivity index (χ1n) is 5.73. The Balaban J connectivity index is 2.15. The van der Waals surface area contributed by atoms with E-state index < -0.39 is 5.91 Å². The van der Waals surface area contributed by atoms with Gasteiger partial charge in [0.15, 0.2) is 5.69 Å². The van der Waals surface area contributed by atoms with Crippen LogP contribution in [-0.2, 0) is 18.5 Å². The second kappa shape index (κ2) is 3.07. The maximum absolute atomic E-state index is 11.4. The molecule has 86 valence electrons. The summed E-state index contributed by atoms with van der Waals surface area (Å²) in [7, 11) is 0. The topological polar surface area (TPSA) is 72.9 Å². The number of aromatic nitrogens is 2. The second-order valence-corrected chi connectivity index (χ2v) is 4.97. The predicted octanol–water partition coefficient (Wildman–Crippen LogP) is 0.137. The van der Waals surface area contributed by atoms with Crippen molar-refractivity contribution in [3.63, 3.8) is 0 Å². The van der Waals surface area contributed by atoms with Crippen molar-refractivity contribution < 1.29 is 4.79 Å². The Morgan fingerprint density at radius 3 is 2.94 bits per heavy atom. The van der Waals surface area contributed by atoms with Crippen molar-refractivity contribution in [2.75, 3.05) is 6.54 Å². The van der Waals surface area contributed by atoms with Gasteiger partial charge < -0.3 is 11.1 Å². The molecule has 0 saturated heterocycles. The molecule has 16 heavy (non-hydrogen) atoms. The van der Waals surface area contributed by atoms with Crippen LogP contribution in [0.5, 0.6) is 0 Å². The van der Waals surface area contributed by atoms with Gasteiger partial charge in [-0.2, -0.15) is 5.10 Å². The van der Waals surface area contributed by atoms with E-state index in [2.05, 4.69) is 17.3 Å². The van der Waals surface area contributed by atoms with Crippen LogP contribution in [0.1, 0.15) is 41.5 Å². The molecular formula is C11H16N4O. The van der Waals surface area contributed by atoms with Gasteiger partial charge in [0.25, 0.3) is 5.91 Å². The average molecular weight is 220 g/mol. The molecule has 0 radical (unpaired) electrons. The van der Waals surface area contributed by atoms with Crippen LogP contribution in [0.15, 0.2) is 0 Å². The molecule has 0 spiro atoms. The van der Waals surface area contributed by atoms with Gasteiger partial charge in [-0.3, -0.25) is 9.48 Å². The Kier molecular flexibility index (Phi) is 1.89. The summed E-state index contributed by atoms with van der Waals surface area (Å²) < 4.78 is 2.04. The van der Waals surface area contributed by atoms with Crippen LogP contribution in [0, 0.1) is 0 Å². The van der Waals surface area contributed by atoms with Gasteiger partial charge in [-0.1, -0.05) is 0 Å². The van der Waals surface area contributed by atoms with Crippen LogP contribution in [0.25, 0.3) is 0 Å². The van der Waals surface area contributed by atoms with Crippen molar-refractivity contribution in [2.45, 2.75) is 38.3 Å². The summed E-state index contributed by atoms with van der Waals surface area (Å²) in [5.74, 6) is -0.414. The lowest BCUT2D eigenvalue weighted by Gasteiger charge is -2.18. The van der Waals surface area contributed by atoms with Crippen LogP contribution in [-0.4, -0.2) is 22.2 Å². The van der Waals surface area contributed by atoms with Crippen molar-refractivity contribution in [2.24, 2.45) is 5.73 Å². The molecular weight excluding hydrogens is 204 g/mol. The maximum Gasteiger partial charge on any atom is 0.269 e. The first-order chi connectivity index (χ1) is 7.62. The Hall–Kier alpha value is -1.36. The summed E-state index contributed by atoms with van der Waals surface area (Å²) >= 11 is 0. The third-order valence-corrected chi connectivity index (χ3v) is 3.65. The average Bonchev–Trinajstić information content (AvgIpc) is 2.89. The highest BCUT2D eigenvalue weighted by Crippen LogP contribution is 2.44. The van der Waals surface area contributed by atoms with E-state index in [1.807, 2.05) is 4.68 Å². The molecule has 0 aromatic carbocycles. The molecule has 2 aliphatic rings. The third-order valence-electron chi connectivity index (χ3n) is 3.65. The van der Waals surface area contributed by atoms with Gasteiger partial charge in [0, 0.05) is 30.8 Å². The maximum atomic E-state index is 11.4. The zero-order valence-corrected chi connectivity index (χ0v) is 9.42. The molecule has 2 heterocycles. The van der Waals surface area contributed by atoms with Crippen LogP contribution in [0.4, 0.5) is 0 Å². The van der Waals surface area contributed by atoms with Crippen LogP contribution >= 0.6 is 0 Å². The van der Waals surface area contributed by atoms with E-state index in [1.54, 1.807) is 0 Å². The van der Waals surface area contributed by atoms with Crippen LogP contribution in [0.3, 0.4) is 0 Å². The number of fused-ring (bicyclic) bond motifs is 1. The Morgan fingerprint density at radius 2 is 2.31 bits per heavy atom. The van der Waals surface area contributed by atoms with Gasteiger partial charge in [0.1, 0.15) is 0 Å². The quantitative estimate of drug-likeness (QED) is 0.744. The molecule has 3 N–H and O–H groups in total. The first kappa shape index (κ1) is 9.84. The van der Waals surface area contributed by atoms with Gasteiger partial charge in [-0.15, -0.1) is 0 Å². The molecule has 0 unspecified atom stereocenters. The highest BCUT2D eigenvalue weighted by molar-refractivity contribution is 5.92. The number of amides is 1. The lowest BCUT2D eigenvalue weighted by molar-refractivity contribution is 0.0993. The molecule has 1 aliphatic carbocycles. The van der Waals surface area contributed by atoms with Gasteiger partial charge in [0.05, 0.1) is 5.54 Å². The summed E-state index contributed by atoms with van der Waals surface area (Å²) in [5.41, 5.74) is 8.17. The number of nitrogens with one attached hydrogen (secondary N) is 1. The number of nitrogens with two attached hydrogens (primary N) is 1. The molecule has 1 aliphatic heterocycles. The number of carbonyl (C=O) groups is 1. The molecule has 1 aromatic rings. The fourth-order valence-electron chi connectivity index (χ4n) is 2.39. The summed E-state index contributed by atoms with van der Waals surface area (Å²) in [6.07, 6.45) is 3.23. The van der Waals surface area contributed by atoms with Gasteiger partial charge >= 0.3 is 0 Å². The highest BCUT2D eigenvalue weighted by atomic mass is 16.1. The van der Waals surface area contributed by atoms with E-state index >= 15 is 0 Å². The van der Waals surface area contributed by atoms with E-state index in [1.165, 1.54) is 5.69 Å². The molecule has 3 rings (SSSR count). The fraction of sp³-hybridized carbons (Fsp3) is 0.636. The number of primary amides is 1. The minimum Gasteiger partial charge on any atom is -0.364 e. The first-order valence-corrected chi connectivity index (χ1v) is 5.73. The SMILES string of the molecule is CC1(n2nc(C(N)=O)c3c2CCNC3)CC1. The molecule has 1 aromatic heterocycles. The van der Waals surface area contributed by atoms with E-state index in [0.29, 0.717) is 12.2 Å². The zero-order valence-electron chi connectivity index (χ0n) is 9.42. The van der Waals surface area contributed by atoms with Crippen LogP contribution in [0.2, 0.25) is 0 Å². The number of nitrogens with zero attached hydrogens (tertiary/aromatic N) is 2. The summed E-state index contributed by atoms with van der Waals surface area (Å²) in [6, 6.07) is 0. The van der Waals surface area contributed by atoms with Gasteiger partial charge in [0.2, 0.25) is 0 Å². The molecule has 5 nitrogen and oxygen atoms in total. The minimum absolute atomic E-state index is 0.134. The van der Waals surface area contributed by atoms with E-state index in [4.69, 9.17) is 5.73 Å². The third kappa shape index (κ3) is 1.28. The standard InChI is InChI=1S/C11H16N4O/c1-11(3-4-11)15-8-2-5-13-6-7(8)9(14-15)10(12)16/h13H,2-6H2,1H3,(H2,12,16). The Morgan fingerprint density at radius 1 is 1.56 bits per heavy atom. The number of rotatable bonds is 2. The van der Waals surface area contributed by atoms with E-state index in [0.717, 1.165) is 31.4 Å². The summed E-state index contributed by atoms with van der Waals surface area (Å²) in [5, 5.41) is 7.69. The van der Waals surface area contributed by atoms with Crippen LogP contribution < -0.4 is 11.1 Å². The number of carbonyl (C=O) groups excluding carboxylic acids is 1. The molecule has 5 heteroatoms. The molecule has 1 saturated carbocycles. The monoisotopic (exact) mass is 220 g/mol. The van der Waals surface area contributed by atoms with E-state index in [-0.39, 0.29) is 5.54 Å². The number of hydrogen-bond donors (Lipinski definition) is 2. The van der Waals surface area contributed by atoms with Gasteiger partial charge in [-0.05, 0) is 19.8 Å². The number of hydrogen-bond acceptors (Lipinski definition) is 3. The second-order valence-electron chi connectivity index (χ2n) is 4.97. The fourth-order valence-corrected chi connectivity index (χ4v) is 2.39. The van der Waals surface area contributed by atoms with Crippen molar-refractivity contribution in [1.29, 1.82) is 0 Å². The zero-order chi connectivity index (χ0) is 11.3. The van der Waals surface area contributed by atoms with Crippen molar-refractivity contribution in [3.05, 3.63) is 17.0 Å².